The number of rotatable bonds is 4. The number of halogens is 1. The van der Waals surface area contributed by atoms with Gasteiger partial charge in [-0.25, -0.2) is 4.98 Å². The Bertz CT molecular complexity index is 720. The number of nitrogens with one attached hydrogen (secondary N) is 1. The van der Waals surface area contributed by atoms with E-state index < -0.39 is 0 Å². The van der Waals surface area contributed by atoms with E-state index in [9.17, 15) is 4.79 Å². The molecule has 2 aromatic rings. The minimum atomic E-state index is -0.0494. The number of benzene rings is 1. The lowest BCUT2D eigenvalue weighted by atomic mass is 10.1. The molecule has 1 N–H and O–H groups in total. The van der Waals surface area contributed by atoms with Gasteiger partial charge in [0.25, 0.3) is 0 Å². The second-order valence-electron chi connectivity index (χ2n) is 5.97. The molecule has 1 aromatic carbocycles. The third kappa shape index (κ3) is 4.32. The number of carbonyl (C=O) groups is 1. The average Bonchev–Trinajstić information content (AvgIpc) is 2.42. The topological polar surface area (TPSA) is 45.2 Å². The van der Waals surface area contributed by atoms with Crippen molar-refractivity contribution in [2.24, 2.45) is 0 Å². The first-order valence-corrected chi connectivity index (χ1v) is 8.28. The lowest BCUT2D eigenvalue weighted by molar-refractivity contribution is -0.114. The Morgan fingerprint density at radius 1 is 1.13 bits per heavy atom. The van der Waals surface area contributed by atoms with Crippen LogP contribution in [0.3, 0.4) is 0 Å². The maximum atomic E-state index is 12.4. The van der Waals surface area contributed by atoms with Gasteiger partial charge in [-0.2, -0.15) is 0 Å². The SMILES string of the molecule is Cc1cc(C)c(NC(=O)CN(C)c2ncc(Br)cc2C)c(C)c1. The molecular weight excluding hydrogens is 354 g/mol. The summed E-state index contributed by atoms with van der Waals surface area (Å²) in [5, 5.41) is 3.02. The highest BCUT2D eigenvalue weighted by atomic mass is 79.9. The molecular formula is C18H22BrN3O. The number of likely N-dealkylation sites (N-methyl/N-ethyl adjacent to an activating group) is 1. The molecule has 122 valence electrons. The fraction of sp³-hybridized carbons (Fsp3) is 0.333. The van der Waals surface area contributed by atoms with Crippen LogP contribution in [0.5, 0.6) is 0 Å². The van der Waals surface area contributed by atoms with Crippen molar-refractivity contribution in [3.05, 3.63) is 51.1 Å². The lowest BCUT2D eigenvalue weighted by Crippen LogP contribution is -2.31. The van der Waals surface area contributed by atoms with Crippen LogP contribution in [-0.2, 0) is 4.79 Å². The van der Waals surface area contributed by atoms with Gasteiger partial charge in [0.15, 0.2) is 0 Å². The van der Waals surface area contributed by atoms with E-state index in [4.69, 9.17) is 0 Å². The second-order valence-corrected chi connectivity index (χ2v) is 6.89. The van der Waals surface area contributed by atoms with Crippen molar-refractivity contribution in [3.63, 3.8) is 0 Å². The first-order valence-electron chi connectivity index (χ1n) is 7.49. The largest absolute Gasteiger partial charge is 0.350 e. The quantitative estimate of drug-likeness (QED) is 0.872. The highest BCUT2D eigenvalue weighted by Crippen LogP contribution is 2.23. The molecule has 2 rings (SSSR count). The molecule has 4 nitrogen and oxygen atoms in total. The Balaban J connectivity index is 2.10. The van der Waals surface area contributed by atoms with Gasteiger partial charge < -0.3 is 10.2 Å². The van der Waals surface area contributed by atoms with Crippen LogP contribution in [0.2, 0.25) is 0 Å². The fourth-order valence-corrected chi connectivity index (χ4v) is 3.23. The first-order chi connectivity index (χ1) is 10.8. The van der Waals surface area contributed by atoms with Crippen molar-refractivity contribution in [2.45, 2.75) is 27.7 Å². The van der Waals surface area contributed by atoms with Gasteiger partial charge in [0, 0.05) is 23.4 Å². The highest BCUT2D eigenvalue weighted by molar-refractivity contribution is 9.10. The number of aromatic nitrogens is 1. The number of nitrogens with zero attached hydrogens (tertiary/aromatic N) is 2. The number of aryl methyl sites for hydroxylation is 4. The molecule has 0 aliphatic heterocycles. The molecule has 0 radical (unpaired) electrons. The van der Waals surface area contributed by atoms with Crippen molar-refractivity contribution >= 4 is 33.3 Å². The van der Waals surface area contributed by atoms with E-state index >= 15 is 0 Å². The van der Waals surface area contributed by atoms with Crippen molar-refractivity contribution < 1.29 is 4.79 Å². The minimum Gasteiger partial charge on any atom is -0.350 e. The Morgan fingerprint density at radius 3 is 2.30 bits per heavy atom. The van der Waals surface area contributed by atoms with Gasteiger partial charge in [0.05, 0.1) is 6.54 Å². The maximum absolute atomic E-state index is 12.4. The Kier molecular flexibility index (Phi) is 5.42. The van der Waals surface area contributed by atoms with E-state index in [0.29, 0.717) is 0 Å². The molecule has 23 heavy (non-hydrogen) atoms. The number of anilines is 2. The van der Waals surface area contributed by atoms with Crippen molar-refractivity contribution in [2.75, 3.05) is 23.8 Å². The summed E-state index contributed by atoms with van der Waals surface area (Å²) < 4.78 is 0.933. The summed E-state index contributed by atoms with van der Waals surface area (Å²) in [7, 11) is 1.87. The summed E-state index contributed by atoms with van der Waals surface area (Å²) in [5.74, 6) is 0.757. The van der Waals surface area contributed by atoms with E-state index in [1.54, 1.807) is 6.20 Å². The molecule has 1 aromatic heterocycles. The minimum absolute atomic E-state index is 0.0494. The van der Waals surface area contributed by atoms with E-state index in [1.165, 1.54) is 5.56 Å². The molecule has 0 atom stereocenters. The van der Waals surface area contributed by atoms with E-state index in [1.807, 2.05) is 38.8 Å². The summed E-state index contributed by atoms with van der Waals surface area (Å²) in [6.45, 7) is 8.32. The van der Waals surface area contributed by atoms with Crippen LogP contribution in [0.1, 0.15) is 22.3 Å². The molecule has 1 amide bonds. The average molecular weight is 376 g/mol. The summed E-state index contributed by atoms with van der Waals surface area (Å²) >= 11 is 3.40. The van der Waals surface area contributed by atoms with Crippen LogP contribution in [0, 0.1) is 27.7 Å². The van der Waals surface area contributed by atoms with Crippen LogP contribution in [0.15, 0.2) is 28.9 Å². The van der Waals surface area contributed by atoms with E-state index in [2.05, 4.69) is 45.3 Å². The molecule has 0 fully saturated rings. The molecule has 1 heterocycles. The predicted octanol–water partition coefficient (Wildman–Crippen LogP) is 4.15. The van der Waals surface area contributed by atoms with Gasteiger partial charge in [0.1, 0.15) is 5.82 Å². The van der Waals surface area contributed by atoms with Crippen molar-refractivity contribution in [1.82, 2.24) is 4.98 Å². The van der Waals surface area contributed by atoms with Crippen LogP contribution >= 0.6 is 15.9 Å². The van der Waals surface area contributed by atoms with Gasteiger partial charge in [-0.15, -0.1) is 0 Å². The zero-order chi connectivity index (χ0) is 17.1. The van der Waals surface area contributed by atoms with Gasteiger partial charge in [0.2, 0.25) is 5.91 Å². The molecule has 0 saturated carbocycles. The maximum Gasteiger partial charge on any atom is 0.243 e. The molecule has 0 aliphatic carbocycles. The summed E-state index contributed by atoms with van der Waals surface area (Å²) in [6, 6.07) is 6.14. The normalized spacial score (nSPS) is 10.5. The molecule has 5 heteroatoms. The van der Waals surface area contributed by atoms with Gasteiger partial charge in [-0.05, 0) is 66.4 Å². The lowest BCUT2D eigenvalue weighted by Gasteiger charge is -2.20. The molecule has 0 bridgehead atoms. The van der Waals surface area contributed by atoms with Gasteiger partial charge >= 0.3 is 0 Å². The number of pyridine rings is 1. The third-order valence-electron chi connectivity index (χ3n) is 3.70. The summed E-state index contributed by atoms with van der Waals surface area (Å²) in [6.07, 6.45) is 1.74. The van der Waals surface area contributed by atoms with Gasteiger partial charge in [-0.3, -0.25) is 4.79 Å². The van der Waals surface area contributed by atoms with Crippen LogP contribution < -0.4 is 10.2 Å². The molecule has 0 unspecified atom stereocenters. The number of hydrogen-bond acceptors (Lipinski definition) is 3. The Morgan fingerprint density at radius 2 is 1.74 bits per heavy atom. The van der Waals surface area contributed by atoms with Crippen LogP contribution in [-0.4, -0.2) is 24.5 Å². The van der Waals surface area contributed by atoms with Crippen molar-refractivity contribution in [1.29, 1.82) is 0 Å². The van der Waals surface area contributed by atoms with Crippen LogP contribution in [0.25, 0.3) is 0 Å². The predicted molar refractivity (Wildman–Crippen MR) is 99.2 cm³/mol. The zero-order valence-electron chi connectivity index (χ0n) is 14.2. The van der Waals surface area contributed by atoms with Crippen molar-refractivity contribution in [3.8, 4) is 0 Å². The highest BCUT2D eigenvalue weighted by Gasteiger charge is 2.13. The Hall–Kier alpha value is -1.88. The third-order valence-corrected chi connectivity index (χ3v) is 4.13. The first kappa shape index (κ1) is 17.5. The second kappa shape index (κ2) is 7.13. The van der Waals surface area contributed by atoms with Crippen LogP contribution in [0.4, 0.5) is 11.5 Å². The number of carbonyl (C=O) groups excluding carboxylic acids is 1. The smallest absolute Gasteiger partial charge is 0.243 e. The number of hydrogen-bond donors (Lipinski definition) is 1. The number of amides is 1. The molecule has 0 spiro atoms. The molecule has 0 saturated heterocycles. The monoisotopic (exact) mass is 375 g/mol. The van der Waals surface area contributed by atoms with E-state index in [-0.39, 0.29) is 12.5 Å². The molecule has 0 aliphatic rings. The van der Waals surface area contributed by atoms with Gasteiger partial charge in [-0.1, -0.05) is 17.7 Å². The summed E-state index contributed by atoms with van der Waals surface area (Å²) in [5.41, 5.74) is 5.28. The zero-order valence-corrected chi connectivity index (χ0v) is 15.8. The standard InChI is InChI=1S/C18H22BrN3O/c1-11-6-12(2)17(13(3)7-11)21-16(23)10-22(5)18-14(4)8-15(19)9-20-18/h6-9H,10H2,1-5H3,(H,21,23). The Labute approximate surface area is 146 Å². The fourth-order valence-electron chi connectivity index (χ4n) is 2.78. The van der Waals surface area contributed by atoms with E-state index in [0.717, 1.165) is 32.7 Å². The summed E-state index contributed by atoms with van der Waals surface area (Å²) in [4.78, 5) is 18.6.